The van der Waals surface area contributed by atoms with Gasteiger partial charge < -0.3 is 26.0 Å². The fourth-order valence-electron chi connectivity index (χ4n) is 1.23. The zero-order valence-electron chi connectivity index (χ0n) is 11.1. The molecule has 0 heterocycles. The second kappa shape index (κ2) is 11.8. The number of benzene rings is 1. The van der Waals surface area contributed by atoms with Gasteiger partial charge in [-0.25, -0.2) is 9.59 Å². The van der Waals surface area contributed by atoms with E-state index in [2.05, 4.69) is 5.32 Å². The van der Waals surface area contributed by atoms with Gasteiger partial charge >= 0.3 is 12.2 Å². The minimum Gasteiger partial charge on any atom is -0.450 e. The predicted molar refractivity (Wildman–Crippen MR) is 73.6 cm³/mol. The largest absolute Gasteiger partial charge is 0.503 e. The minimum atomic E-state index is -1.83. The van der Waals surface area contributed by atoms with Crippen molar-refractivity contribution in [1.29, 1.82) is 0 Å². The van der Waals surface area contributed by atoms with Gasteiger partial charge in [0.25, 0.3) is 0 Å². The summed E-state index contributed by atoms with van der Waals surface area (Å²) in [5, 5.41) is 16.6. The normalized spacial score (nSPS) is 9.05. The fraction of sp³-hybridized carbons (Fsp3) is 0.385. The Balaban J connectivity index is 0.000000796. The Hall–Kier alpha value is -2.28. The van der Waals surface area contributed by atoms with Crippen LogP contribution in [0.2, 0.25) is 0 Å². The molecule has 0 spiro atoms. The van der Waals surface area contributed by atoms with Crippen LogP contribution >= 0.6 is 0 Å². The van der Waals surface area contributed by atoms with Crippen molar-refractivity contribution >= 4 is 12.2 Å². The van der Waals surface area contributed by atoms with Crippen LogP contribution in [0.3, 0.4) is 0 Å². The van der Waals surface area contributed by atoms with Crippen molar-refractivity contribution in [3.8, 4) is 0 Å². The lowest BCUT2D eigenvalue weighted by atomic mass is 10.2. The van der Waals surface area contributed by atoms with Gasteiger partial charge in [-0.05, 0) is 24.9 Å². The van der Waals surface area contributed by atoms with Crippen LogP contribution in [-0.4, -0.2) is 35.6 Å². The molecule has 0 aliphatic heterocycles. The summed E-state index contributed by atoms with van der Waals surface area (Å²) in [6.07, 6.45) is -0.406. The molecule has 0 saturated heterocycles. The quantitative estimate of drug-likeness (QED) is 0.591. The number of hydrogen-bond acceptors (Lipinski definition) is 4. The summed E-state index contributed by atoms with van der Waals surface area (Å²) < 4.78 is 5.03. The molecule has 0 saturated carbocycles. The van der Waals surface area contributed by atoms with Crippen molar-refractivity contribution in [2.75, 3.05) is 13.1 Å². The molecule has 1 aromatic rings. The van der Waals surface area contributed by atoms with Crippen LogP contribution in [0.5, 0.6) is 0 Å². The number of nitrogens with two attached hydrogens (primary N) is 1. The van der Waals surface area contributed by atoms with Gasteiger partial charge in [-0.15, -0.1) is 0 Å². The standard InChI is InChI=1S/C12H18N2O2.CH2O3/c13-8-4-5-9-14-12(15)16-10-11-6-2-1-3-7-11;2-1(3)4/h1-3,6-7H,4-5,8-10,13H2,(H,14,15);(H2,2,3,4). The third-order valence-corrected chi connectivity index (χ3v) is 2.11. The lowest BCUT2D eigenvalue weighted by Gasteiger charge is -2.06. The Kier molecular flexibility index (Phi) is 10.4. The lowest BCUT2D eigenvalue weighted by molar-refractivity contribution is 0.136. The zero-order chi connectivity index (χ0) is 15.2. The van der Waals surface area contributed by atoms with E-state index >= 15 is 0 Å². The number of alkyl carbamates (subject to hydrolysis) is 1. The summed E-state index contributed by atoms with van der Waals surface area (Å²) in [6, 6.07) is 9.59. The number of rotatable bonds is 6. The first-order valence-electron chi connectivity index (χ1n) is 6.12. The van der Waals surface area contributed by atoms with E-state index in [9.17, 15) is 4.79 Å². The van der Waals surface area contributed by atoms with Crippen molar-refractivity contribution < 1.29 is 24.5 Å². The highest BCUT2D eigenvalue weighted by Crippen LogP contribution is 2.00. The first-order chi connectivity index (χ1) is 9.56. The molecule has 1 aromatic carbocycles. The average molecular weight is 284 g/mol. The van der Waals surface area contributed by atoms with Gasteiger partial charge in [0.2, 0.25) is 0 Å². The second-order valence-electron chi connectivity index (χ2n) is 3.77. The van der Waals surface area contributed by atoms with Crippen molar-refractivity contribution in [2.24, 2.45) is 5.73 Å². The van der Waals surface area contributed by atoms with Crippen LogP contribution in [0.4, 0.5) is 9.59 Å². The van der Waals surface area contributed by atoms with E-state index < -0.39 is 6.16 Å². The number of nitrogens with one attached hydrogen (secondary N) is 1. The third-order valence-electron chi connectivity index (χ3n) is 2.11. The van der Waals surface area contributed by atoms with Gasteiger partial charge in [-0.3, -0.25) is 0 Å². The molecule has 5 N–H and O–H groups in total. The second-order valence-corrected chi connectivity index (χ2v) is 3.77. The molecule has 1 amide bonds. The molecule has 0 bridgehead atoms. The SMILES string of the molecule is NCCCCNC(=O)OCc1ccccc1.O=C(O)O. The zero-order valence-corrected chi connectivity index (χ0v) is 11.1. The van der Waals surface area contributed by atoms with Gasteiger partial charge in [0.15, 0.2) is 0 Å². The first kappa shape index (κ1) is 17.7. The van der Waals surface area contributed by atoms with Crippen molar-refractivity contribution in [1.82, 2.24) is 5.32 Å². The Morgan fingerprint density at radius 3 is 2.30 bits per heavy atom. The maximum atomic E-state index is 11.2. The molecule has 112 valence electrons. The molecule has 1 rings (SSSR count). The topological polar surface area (TPSA) is 122 Å². The molecule has 0 atom stereocenters. The third kappa shape index (κ3) is 12.2. The number of carboxylic acid groups (broad SMARTS) is 2. The van der Waals surface area contributed by atoms with Crippen LogP contribution in [0.15, 0.2) is 30.3 Å². The molecule has 0 aliphatic carbocycles. The fourth-order valence-corrected chi connectivity index (χ4v) is 1.23. The summed E-state index contributed by atoms with van der Waals surface area (Å²) in [6.45, 7) is 1.58. The molecular weight excluding hydrogens is 264 g/mol. The number of unbranched alkanes of at least 4 members (excludes halogenated alkanes) is 1. The Morgan fingerprint density at radius 2 is 1.75 bits per heavy atom. The molecule has 0 aromatic heterocycles. The summed E-state index contributed by atoms with van der Waals surface area (Å²) in [4.78, 5) is 19.8. The van der Waals surface area contributed by atoms with Gasteiger partial charge in [-0.2, -0.15) is 0 Å². The van der Waals surface area contributed by atoms with E-state index in [0.29, 0.717) is 19.7 Å². The molecule has 20 heavy (non-hydrogen) atoms. The molecule has 7 nitrogen and oxygen atoms in total. The highest BCUT2D eigenvalue weighted by atomic mass is 16.6. The van der Waals surface area contributed by atoms with Gasteiger partial charge in [-0.1, -0.05) is 30.3 Å². The molecule has 0 radical (unpaired) electrons. The van der Waals surface area contributed by atoms with Crippen LogP contribution in [0, 0.1) is 0 Å². The molecular formula is C13H20N2O5. The van der Waals surface area contributed by atoms with E-state index in [0.717, 1.165) is 18.4 Å². The van der Waals surface area contributed by atoms with E-state index in [1.165, 1.54) is 0 Å². The van der Waals surface area contributed by atoms with E-state index in [4.69, 9.17) is 25.5 Å². The van der Waals surface area contributed by atoms with E-state index in [-0.39, 0.29) is 6.09 Å². The summed E-state index contributed by atoms with van der Waals surface area (Å²) in [7, 11) is 0. The van der Waals surface area contributed by atoms with Crippen LogP contribution < -0.4 is 11.1 Å². The molecule has 0 fully saturated rings. The Bertz CT molecular complexity index is 380. The van der Waals surface area contributed by atoms with Gasteiger partial charge in [0, 0.05) is 6.54 Å². The van der Waals surface area contributed by atoms with Crippen LogP contribution in [0.1, 0.15) is 18.4 Å². The first-order valence-corrected chi connectivity index (χ1v) is 6.12. The maximum Gasteiger partial charge on any atom is 0.503 e. The average Bonchev–Trinajstić information content (AvgIpc) is 2.42. The highest BCUT2D eigenvalue weighted by Gasteiger charge is 2.00. The van der Waals surface area contributed by atoms with Crippen molar-refractivity contribution in [3.63, 3.8) is 0 Å². The summed E-state index contributed by atoms with van der Waals surface area (Å²) in [5.74, 6) is 0. The monoisotopic (exact) mass is 284 g/mol. The summed E-state index contributed by atoms with van der Waals surface area (Å²) in [5.41, 5.74) is 6.32. The van der Waals surface area contributed by atoms with Crippen LogP contribution in [0.25, 0.3) is 0 Å². The van der Waals surface area contributed by atoms with Crippen molar-refractivity contribution in [3.05, 3.63) is 35.9 Å². The van der Waals surface area contributed by atoms with Gasteiger partial charge in [0.05, 0.1) is 0 Å². The number of carbonyl (C=O) groups is 2. The molecule has 0 aliphatic rings. The Labute approximate surface area is 117 Å². The number of hydrogen-bond donors (Lipinski definition) is 4. The number of ether oxygens (including phenoxy) is 1. The molecule has 7 heteroatoms. The maximum absolute atomic E-state index is 11.2. The van der Waals surface area contributed by atoms with Gasteiger partial charge in [0.1, 0.15) is 6.61 Å². The highest BCUT2D eigenvalue weighted by molar-refractivity contribution is 5.67. The van der Waals surface area contributed by atoms with Crippen molar-refractivity contribution in [2.45, 2.75) is 19.4 Å². The summed E-state index contributed by atoms with van der Waals surface area (Å²) >= 11 is 0. The smallest absolute Gasteiger partial charge is 0.450 e. The Morgan fingerprint density at radius 1 is 1.15 bits per heavy atom. The lowest BCUT2D eigenvalue weighted by Crippen LogP contribution is -2.25. The predicted octanol–water partition coefficient (Wildman–Crippen LogP) is 1.87. The van der Waals surface area contributed by atoms with Crippen LogP contribution in [-0.2, 0) is 11.3 Å². The number of carbonyl (C=O) groups excluding carboxylic acids is 1. The van der Waals surface area contributed by atoms with E-state index in [1.54, 1.807) is 0 Å². The number of amides is 1. The van der Waals surface area contributed by atoms with E-state index in [1.807, 2.05) is 30.3 Å². The minimum absolute atomic E-state index is 0.309. The molecule has 0 unspecified atom stereocenters.